The third-order valence-electron chi connectivity index (χ3n) is 29.9. The molecule has 622 valence electrons. The summed E-state index contributed by atoms with van der Waals surface area (Å²) in [5.41, 5.74) is 30.8. The Morgan fingerprint density at radius 2 is 0.492 bits per heavy atom. The van der Waals surface area contributed by atoms with Crippen molar-refractivity contribution in [2.75, 3.05) is 9.80 Å². The van der Waals surface area contributed by atoms with Gasteiger partial charge in [-0.05, 0) is 352 Å². The molecule has 27 rings (SSSR count). The van der Waals surface area contributed by atoms with E-state index in [1.54, 1.807) is 11.1 Å². The van der Waals surface area contributed by atoms with Crippen LogP contribution >= 0.6 is 0 Å². The molecule has 2 nitrogen and oxygen atoms in total. The van der Waals surface area contributed by atoms with Gasteiger partial charge in [0.15, 0.2) is 0 Å². The van der Waals surface area contributed by atoms with Gasteiger partial charge in [0.05, 0.1) is 0 Å². The molecule has 3 aliphatic carbocycles. The molecule has 3 aliphatic rings. The lowest BCUT2D eigenvalue weighted by Gasteiger charge is -2.29. The Bertz CT molecular complexity index is 8540. The second-order valence-electron chi connectivity index (χ2n) is 38.0. The smallest absolute Gasteiger partial charge is 0.0468 e. The molecule has 0 radical (unpaired) electrons. The summed E-state index contributed by atoms with van der Waals surface area (Å²) in [5.74, 6) is 0. The maximum Gasteiger partial charge on any atom is 0.0468 e. The first-order chi connectivity index (χ1) is 64.9. The van der Waals surface area contributed by atoms with Gasteiger partial charge in [0.1, 0.15) is 0 Å². The highest BCUT2D eigenvalue weighted by Gasteiger charge is 2.41. The van der Waals surface area contributed by atoms with Crippen molar-refractivity contribution in [1.82, 2.24) is 0 Å². The van der Waals surface area contributed by atoms with Gasteiger partial charge in [-0.25, -0.2) is 0 Å². The van der Waals surface area contributed by atoms with Gasteiger partial charge < -0.3 is 9.80 Å². The number of fused-ring (bicyclic) bond motifs is 23. The Morgan fingerprint density at radius 3 is 0.947 bits per heavy atom. The fourth-order valence-electron chi connectivity index (χ4n) is 23.3. The molecule has 0 atom stereocenters. The Labute approximate surface area is 768 Å². The summed E-state index contributed by atoms with van der Waals surface area (Å²) < 4.78 is 0. The van der Waals surface area contributed by atoms with Crippen LogP contribution in [0.15, 0.2) is 437 Å². The van der Waals surface area contributed by atoms with Crippen LogP contribution in [0, 0.1) is 0 Å². The van der Waals surface area contributed by atoms with Crippen LogP contribution < -0.4 is 9.80 Å². The molecular formula is C130H92N2. The van der Waals surface area contributed by atoms with Crippen LogP contribution in [0.4, 0.5) is 34.1 Å². The second-order valence-corrected chi connectivity index (χ2v) is 38.0. The number of hydrogen-bond acceptors (Lipinski definition) is 2. The molecular weight excluding hydrogens is 1590 g/mol. The number of nitrogens with zero attached hydrogens (tertiary/aromatic N) is 2. The number of hydrogen-bond donors (Lipinski definition) is 0. The number of benzene rings is 24. The highest BCUT2D eigenvalue weighted by molar-refractivity contribution is 6.24. The van der Waals surface area contributed by atoms with Crippen LogP contribution in [-0.4, -0.2) is 0 Å². The van der Waals surface area contributed by atoms with Crippen LogP contribution in [0.3, 0.4) is 0 Å². The quantitative estimate of drug-likeness (QED) is 0.0995. The lowest BCUT2D eigenvalue weighted by atomic mass is 9.79. The maximum absolute atomic E-state index is 2.53. The fourth-order valence-corrected chi connectivity index (χ4v) is 23.3. The van der Waals surface area contributed by atoms with Gasteiger partial charge in [0.2, 0.25) is 0 Å². The number of anilines is 6. The molecule has 0 unspecified atom stereocenters. The lowest BCUT2D eigenvalue weighted by molar-refractivity contribution is 0.660. The van der Waals surface area contributed by atoms with E-state index in [-0.39, 0.29) is 10.8 Å². The van der Waals surface area contributed by atoms with Gasteiger partial charge in [-0.2, -0.15) is 0 Å². The average Bonchev–Trinajstić information content (AvgIpc) is 1.48. The first-order valence-electron chi connectivity index (χ1n) is 46.9. The Kier molecular flexibility index (Phi) is 17.7. The third kappa shape index (κ3) is 12.4. The van der Waals surface area contributed by atoms with Crippen LogP contribution in [-0.2, 0) is 23.7 Å². The summed E-state index contributed by atoms with van der Waals surface area (Å²) in [6.07, 6.45) is 4.97. The Balaban J connectivity index is 0.000000145. The van der Waals surface area contributed by atoms with Gasteiger partial charge in [0.25, 0.3) is 0 Å². The van der Waals surface area contributed by atoms with Crippen molar-refractivity contribution in [3.8, 4) is 66.8 Å². The van der Waals surface area contributed by atoms with Crippen molar-refractivity contribution in [1.29, 1.82) is 0 Å². The Hall–Kier alpha value is -16.0. The summed E-state index contributed by atoms with van der Waals surface area (Å²) in [4.78, 5) is 4.88. The zero-order valence-electron chi connectivity index (χ0n) is 74.3. The van der Waals surface area contributed by atoms with Crippen molar-refractivity contribution in [3.63, 3.8) is 0 Å². The molecule has 132 heavy (non-hydrogen) atoms. The van der Waals surface area contributed by atoms with Crippen molar-refractivity contribution < 1.29 is 0 Å². The van der Waals surface area contributed by atoms with E-state index < -0.39 is 0 Å². The molecule has 0 N–H and O–H groups in total. The van der Waals surface area contributed by atoms with Crippen molar-refractivity contribution in [2.45, 2.75) is 64.2 Å². The molecule has 0 fully saturated rings. The minimum Gasteiger partial charge on any atom is -0.310 e. The molecule has 0 aliphatic heterocycles. The largest absolute Gasteiger partial charge is 0.310 e. The summed E-state index contributed by atoms with van der Waals surface area (Å²) in [6.45, 7) is 9.70. The van der Waals surface area contributed by atoms with Crippen LogP contribution in [0.2, 0.25) is 0 Å². The van der Waals surface area contributed by atoms with Crippen LogP contribution in [0.1, 0.15) is 73.9 Å². The predicted molar refractivity (Wildman–Crippen MR) is 566 cm³/mol. The maximum atomic E-state index is 2.53. The molecule has 0 aromatic heterocycles. The minimum absolute atomic E-state index is 0.103. The first kappa shape index (κ1) is 77.2. The number of aryl methyl sites for hydroxylation is 2. The topological polar surface area (TPSA) is 6.48 Å². The monoisotopic (exact) mass is 1680 g/mol. The molecule has 2 heteroatoms. The van der Waals surface area contributed by atoms with E-state index in [2.05, 4.69) is 474 Å². The highest BCUT2D eigenvalue weighted by Crippen LogP contribution is 2.59. The van der Waals surface area contributed by atoms with Gasteiger partial charge in [0, 0.05) is 45.0 Å². The van der Waals surface area contributed by atoms with E-state index in [1.807, 2.05) is 0 Å². The molecule has 0 amide bonds. The molecule has 24 aromatic carbocycles. The zero-order valence-corrected chi connectivity index (χ0v) is 74.3. The summed E-state index contributed by atoms with van der Waals surface area (Å²) >= 11 is 0. The zero-order chi connectivity index (χ0) is 87.6. The highest BCUT2D eigenvalue weighted by atomic mass is 15.1. The molecule has 0 spiro atoms. The summed E-state index contributed by atoms with van der Waals surface area (Å²) in [6, 6.07) is 164. The first-order valence-corrected chi connectivity index (χ1v) is 46.9. The standard InChI is InChI=1S/C74H48N2.C56H44/c1-7-19-55-41-61(27-25-49(55)13-1)73-69-39-37-68(76(65-35-31-53-17-5-11-23-59(53)45-65)66-36-32-54-18-6-12-24-60(54)46-66)48-72(69)74(62-28-26-50-14-2-8-20-56(50)42-62)70-40-38-67(47-71(70)73)75(63-33-29-51-15-3-9-21-57(51)43-63)64-34-30-52-16-4-10-22-58(52)44-64;1-55(2)49-28-26-45-44(53(49)46-24-21-35(31-51(46)55)39-18-11-19-41-37-14-7-5-12-33(37)20-23-43(39)41)27-29-50-54(45)47-25-22-36(32-52(47)56(50,3)4)48-30-34-13-6-8-15-38(34)40-16-9-10-17-42(40)48/h1-48H;5,7,9-12,14,16-32H,6,8,13,15H2,1-4H3. The van der Waals surface area contributed by atoms with Gasteiger partial charge in [-0.1, -0.05) is 367 Å². The Morgan fingerprint density at radius 1 is 0.174 bits per heavy atom. The van der Waals surface area contributed by atoms with E-state index >= 15 is 0 Å². The van der Waals surface area contributed by atoms with Crippen molar-refractivity contribution in [3.05, 3.63) is 470 Å². The lowest BCUT2D eigenvalue weighted by Crippen LogP contribution is -2.15. The van der Waals surface area contributed by atoms with E-state index in [4.69, 9.17) is 0 Å². The van der Waals surface area contributed by atoms with E-state index in [0.717, 1.165) is 34.1 Å². The second kappa shape index (κ2) is 30.3. The fraction of sp³-hybridized carbons (Fsp3) is 0.0769. The SMILES string of the molecule is CC1(C)c2cc(-c3cc4c(c5ccccc35)CCCC4)ccc2-c2c1ccc1c3c(ccc21)C(C)(C)c1cc(-c2cccc4c2ccc2ccccc24)ccc1-3.c1ccc2cc(-c3c4ccc(N(c5ccc6ccccc6c5)c5ccc6ccccc6c5)cc4c(-c4ccc5ccccc5c4)c4ccc(N(c5ccc6ccccc6c5)c5ccc6ccccc6c5)cc34)ccc2c1. The third-order valence-corrected chi connectivity index (χ3v) is 29.9. The molecule has 0 heterocycles. The van der Waals surface area contributed by atoms with Crippen LogP contribution in [0.25, 0.3) is 196 Å². The van der Waals surface area contributed by atoms with Crippen LogP contribution in [0.5, 0.6) is 0 Å². The van der Waals surface area contributed by atoms with E-state index in [1.165, 1.54) is 244 Å². The molecule has 0 saturated heterocycles. The summed E-state index contributed by atoms with van der Waals surface area (Å²) in [7, 11) is 0. The normalized spacial score (nSPS) is 13.5. The van der Waals surface area contributed by atoms with Gasteiger partial charge >= 0.3 is 0 Å². The van der Waals surface area contributed by atoms with Gasteiger partial charge in [-0.15, -0.1) is 0 Å². The summed E-state index contributed by atoms with van der Waals surface area (Å²) in [5, 5.41) is 30.1. The van der Waals surface area contributed by atoms with Gasteiger partial charge in [-0.3, -0.25) is 0 Å². The van der Waals surface area contributed by atoms with Crippen molar-refractivity contribution in [2.24, 2.45) is 0 Å². The van der Waals surface area contributed by atoms with E-state index in [0.29, 0.717) is 0 Å². The predicted octanol–water partition coefficient (Wildman–Crippen LogP) is 36.3. The number of rotatable bonds is 10. The minimum atomic E-state index is -0.116. The molecule has 0 saturated carbocycles. The average molecular weight is 1680 g/mol. The van der Waals surface area contributed by atoms with Crippen molar-refractivity contribution >= 4 is 163 Å². The molecule has 24 aromatic rings. The van der Waals surface area contributed by atoms with E-state index in [9.17, 15) is 0 Å². The molecule has 0 bridgehead atoms.